The van der Waals surface area contributed by atoms with Gasteiger partial charge < -0.3 is 10.2 Å². The maximum Gasteiger partial charge on any atom is 0.303 e. The van der Waals surface area contributed by atoms with Crippen LogP contribution in [0.25, 0.3) is 0 Å². The normalized spacial score (nSPS) is 22.8. The minimum Gasteiger partial charge on any atom is -0.481 e. The summed E-state index contributed by atoms with van der Waals surface area (Å²) in [5, 5.41) is 18.9. The second-order valence-electron chi connectivity index (χ2n) is 8.06. The van der Waals surface area contributed by atoms with E-state index in [0.29, 0.717) is 18.1 Å². The van der Waals surface area contributed by atoms with E-state index in [0.717, 1.165) is 51.4 Å². The molecule has 0 aromatic carbocycles. The van der Waals surface area contributed by atoms with E-state index in [2.05, 4.69) is 19.9 Å². The highest BCUT2D eigenvalue weighted by Gasteiger charge is 2.32. The van der Waals surface area contributed by atoms with Gasteiger partial charge in [-0.2, -0.15) is 0 Å². The van der Waals surface area contributed by atoms with Crippen LogP contribution in [-0.4, -0.2) is 28.1 Å². The second kappa shape index (κ2) is 13.1. The van der Waals surface area contributed by atoms with Gasteiger partial charge >= 0.3 is 5.97 Å². The Labute approximate surface area is 159 Å². The zero-order chi connectivity index (χ0) is 19.4. The number of unbranched alkanes of at least 4 members (excludes halogenated alkanes) is 4. The smallest absolute Gasteiger partial charge is 0.303 e. The molecule has 0 aromatic rings. The fraction of sp³-hybridized carbons (Fsp3) is 0.818. The number of aliphatic hydroxyl groups is 1. The number of Topliss-reactive ketones (excluding diaryl/α,β-unsaturated/α-hetero) is 1. The molecule has 1 fully saturated rings. The van der Waals surface area contributed by atoms with Crippen LogP contribution in [0, 0.1) is 17.8 Å². The molecule has 0 spiro atoms. The van der Waals surface area contributed by atoms with Gasteiger partial charge in [0.05, 0.1) is 6.10 Å². The number of aliphatic carboxylic acids is 1. The van der Waals surface area contributed by atoms with Gasteiger partial charge in [-0.25, -0.2) is 0 Å². The summed E-state index contributed by atoms with van der Waals surface area (Å²) in [6.45, 7) is 4.38. The summed E-state index contributed by atoms with van der Waals surface area (Å²) in [5.74, 6) is 0.513. The first-order valence-corrected chi connectivity index (χ1v) is 10.5. The zero-order valence-corrected chi connectivity index (χ0v) is 16.7. The Morgan fingerprint density at radius 3 is 2.65 bits per heavy atom. The summed E-state index contributed by atoms with van der Waals surface area (Å²) in [5.41, 5.74) is 0. The molecular weight excluding hydrogens is 328 g/mol. The van der Waals surface area contributed by atoms with Crippen LogP contribution >= 0.6 is 0 Å². The van der Waals surface area contributed by atoms with Crippen molar-refractivity contribution in [2.24, 2.45) is 17.8 Å². The SMILES string of the molecule is CCCC[C@H](C)C[C@H](O)C=C[C@H]1CCC(=O)[C@@H]1CCCCCCC(=O)O. The summed E-state index contributed by atoms with van der Waals surface area (Å²) >= 11 is 0. The van der Waals surface area contributed by atoms with Gasteiger partial charge in [0.25, 0.3) is 0 Å². The van der Waals surface area contributed by atoms with Crippen LogP contribution in [0.15, 0.2) is 12.2 Å². The number of carboxylic acid groups (broad SMARTS) is 1. The van der Waals surface area contributed by atoms with Gasteiger partial charge in [-0.1, -0.05) is 64.5 Å². The number of ketones is 1. The minimum atomic E-state index is -0.733. The van der Waals surface area contributed by atoms with E-state index < -0.39 is 12.1 Å². The molecule has 0 aliphatic heterocycles. The molecule has 1 aliphatic rings. The van der Waals surface area contributed by atoms with Crippen molar-refractivity contribution in [2.45, 2.75) is 97.0 Å². The van der Waals surface area contributed by atoms with E-state index in [4.69, 9.17) is 5.11 Å². The Morgan fingerprint density at radius 1 is 1.23 bits per heavy atom. The molecule has 1 saturated carbocycles. The van der Waals surface area contributed by atoms with E-state index in [1.165, 1.54) is 12.8 Å². The van der Waals surface area contributed by atoms with Gasteiger partial charge in [0.2, 0.25) is 0 Å². The summed E-state index contributed by atoms with van der Waals surface area (Å²) < 4.78 is 0. The Kier molecular flexibility index (Phi) is 11.5. The van der Waals surface area contributed by atoms with Gasteiger partial charge in [0.1, 0.15) is 5.78 Å². The van der Waals surface area contributed by atoms with Crippen LogP contribution in [0.3, 0.4) is 0 Å². The molecule has 0 amide bonds. The lowest BCUT2D eigenvalue weighted by molar-refractivity contribution is -0.137. The summed E-state index contributed by atoms with van der Waals surface area (Å²) in [7, 11) is 0. The van der Waals surface area contributed by atoms with Crippen molar-refractivity contribution in [3.63, 3.8) is 0 Å². The standard InChI is InChI=1S/C22H38O4/c1-3-4-9-17(2)16-19(23)14-12-18-13-15-21(24)20(18)10-7-5-6-8-11-22(25)26/h12,14,17-20,23H,3-11,13,15-16H2,1-2H3,(H,25,26)/t17-,18-,19+,20+/m0/s1. The number of rotatable bonds is 14. The molecule has 0 aromatic heterocycles. The Morgan fingerprint density at radius 2 is 1.96 bits per heavy atom. The summed E-state index contributed by atoms with van der Waals surface area (Å²) in [6.07, 6.45) is 14.2. The highest BCUT2D eigenvalue weighted by atomic mass is 16.4. The monoisotopic (exact) mass is 366 g/mol. The Bertz CT molecular complexity index is 443. The Balaban J connectivity index is 2.32. The predicted molar refractivity (Wildman–Crippen MR) is 105 cm³/mol. The highest BCUT2D eigenvalue weighted by molar-refractivity contribution is 5.83. The molecule has 4 nitrogen and oxygen atoms in total. The van der Waals surface area contributed by atoms with E-state index in [1.54, 1.807) is 0 Å². The van der Waals surface area contributed by atoms with Crippen LogP contribution in [0.5, 0.6) is 0 Å². The first-order valence-electron chi connectivity index (χ1n) is 10.5. The second-order valence-corrected chi connectivity index (χ2v) is 8.06. The number of carbonyl (C=O) groups excluding carboxylic acids is 1. The molecule has 0 unspecified atom stereocenters. The average Bonchev–Trinajstić information content (AvgIpc) is 2.94. The molecule has 0 heterocycles. The van der Waals surface area contributed by atoms with Crippen LogP contribution in [0.4, 0.5) is 0 Å². The molecule has 4 atom stereocenters. The van der Waals surface area contributed by atoms with E-state index in [-0.39, 0.29) is 18.3 Å². The topological polar surface area (TPSA) is 74.6 Å². The largest absolute Gasteiger partial charge is 0.481 e. The summed E-state index contributed by atoms with van der Waals surface area (Å²) in [4.78, 5) is 22.7. The van der Waals surface area contributed by atoms with Gasteiger partial charge in [-0.15, -0.1) is 0 Å². The van der Waals surface area contributed by atoms with Crippen molar-refractivity contribution >= 4 is 11.8 Å². The van der Waals surface area contributed by atoms with Gasteiger partial charge in [0.15, 0.2) is 0 Å². The van der Waals surface area contributed by atoms with Crippen molar-refractivity contribution in [1.82, 2.24) is 0 Å². The van der Waals surface area contributed by atoms with E-state index in [9.17, 15) is 14.7 Å². The minimum absolute atomic E-state index is 0.0930. The predicted octanol–water partition coefficient (Wildman–Crippen LogP) is 5.14. The highest BCUT2D eigenvalue weighted by Crippen LogP contribution is 2.34. The van der Waals surface area contributed by atoms with Crippen molar-refractivity contribution in [3.8, 4) is 0 Å². The van der Waals surface area contributed by atoms with Crippen LogP contribution in [0.2, 0.25) is 0 Å². The first-order chi connectivity index (χ1) is 12.4. The van der Waals surface area contributed by atoms with Crippen molar-refractivity contribution in [1.29, 1.82) is 0 Å². The molecule has 1 aliphatic carbocycles. The lowest BCUT2D eigenvalue weighted by Crippen LogP contribution is -2.14. The van der Waals surface area contributed by atoms with E-state index >= 15 is 0 Å². The molecule has 26 heavy (non-hydrogen) atoms. The molecule has 1 rings (SSSR count). The first kappa shape index (κ1) is 22.9. The maximum atomic E-state index is 12.2. The zero-order valence-electron chi connectivity index (χ0n) is 16.7. The lowest BCUT2D eigenvalue weighted by atomic mass is 9.89. The molecule has 4 heteroatoms. The Hall–Kier alpha value is -1.16. The van der Waals surface area contributed by atoms with Crippen LogP contribution < -0.4 is 0 Å². The lowest BCUT2D eigenvalue weighted by Gasteiger charge is -2.17. The molecule has 150 valence electrons. The van der Waals surface area contributed by atoms with Crippen LogP contribution in [0.1, 0.15) is 90.9 Å². The molecule has 2 N–H and O–H groups in total. The fourth-order valence-electron chi connectivity index (χ4n) is 3.97. The van der Waals surface area contributed by atoms with Crippen molar-refractivity contribution in [3.05, 3.63) is 12.2 Å². The third-order valence-corrected chi connectivity index (χ3v) is 5.59. The van der Waals surface area contributed by atoms with Crippen molar-refractivity contribution < 1.29 is 19.8 Å². The number of carboxylic acids is 1. The molecular formula is C22H38O4. The summed E-state index contributed by atoms with van der Waals surface area (Å²) in [6, 6.07) is 0. The molecule has 0 bridgehead atoms. The van der Waals surface area contributed by atoms with Gasteiger partial charge in [-0.3, -0.25) is 9.59 Å². The fourth-order valence-corrected chi connectivity index (χ4v) is 3.97. The number of hydrogen-bond acceptors (Lipinski definition) is 3. The van der Waals surface area contributed by atoms with Crippen LogP contribution in [-0.2, 0) is 9.59 Å². The number of hydrogen-bond donors (Lipinski definition) is 2. The quantitative estimate of drug-likeness (QED) is 0.330. The number of allylic oxidation sites excluding steroid dienone is 1. The third kappa shape index (κ3) is 9.51. The maximum absolute atomic E-state index is 12.2. The molecule has 0 saturated heterocycles. The number of carbonyl (C=O) groups is 2. The van der Waals surface area contributed by atoms with E-state index in [1.807, 2.05) is 6.08 Å². The molecule has 0 radical (unpaired) electrons. The average molecular weight is 367 g/mol. The third-order valence-electron chi connectivity index (χ3n) is 5.59. The van der Waals surface area contributed by atoms with Gasteiger partial charge in [0, 0.05) is 18.8 Å². The van der Waals surface area contributed by atoms with Gasteiger partial charge in [-0.05, 0) is 37.5 Å². The van der Waals surface area contributed by atoms with Crippen molar-refractivity contribution in [2.75, 3.05) is 0 Å². The number of aliphatic hydroxyl groups excluding tert-OH is 1.